The van der Waals surface area contributed by atoms with Gasteiger partial charge in [0.1, 0.15) is 5.71 Å². The van der Waals surface area contributed by atoms with E-state index in [-0.39, 0.29) is 23.2 Å². The molecule has 1 aliphatic carbocycles. The van der Waals surface area contributed by atoms with Crippen molar-refractivity contribution in [3.8, 4) is 0 Å². The van der Waals surface area contributed by atoms with E-state index >= 15 is 0 Å². The van der Waals surface area contributed by atoms with Gasteiger partial charge in [-0.2, -0.15) is 0 Å². The minimum absolute atomic E-state index is 0.0145. The molecular formula is C13H22N4O2. The number of carbonyl (C=O) groups is 2. The van der Waals surface area contributed by atoms with Crippen molar-refractivity contribution >= 4 is 17.5 Å². The van der Waals surface area contributed by atoms with E-state index in [1.54, 1.807) is 0 Å². The van der Waals surface area contributed by atoms with E-state index in [0.29, 0.717) is 5.92 Å². The van der Waals surface area contributed by atoms with Crippen LogP contribution in [-0.4, -0.2) is 24.6 Å². The molecule has 0 aliphatic heterocycles. The van der Waals surface area contributed by atoms with Gasteiger partial charge in [0.25, 0.3) is 5.91 Å². The lowest BCUT2D eigenvalue weighted by Gasteiger charge is -2.27. The maximum Gasteiger partial charge on any atom is 0.269 e. The third kappa shape index (κ3) is 3.81. The van der Waals surface area contributed by atoms with Crippen LogP contribution in [0.15, 0.2) is 16.9 Å². The van der Waals surface area contributed by atoms with Crippen molar-refractivity contribution in [2.45, 2.75) is 32.6 Å². The van der Waals surface area contributed by atoms with Crippen molar-refractivity contribution in [2.75, 3.05) is 7.05 Å². The number of nitrogens with two attached hydrogens (primary N) is 2. The normalized spacial score (nSPS) is 24.9. The van der Waals surface area contributed by atoms with Crippen LogP contribution in [0.5, 0.6) is 0 Å². The monoisotopic (exact) mass is 266 g/mol. The van der Waals surface area contributed by atoms with Crippen molar-refractivity contribution in [3.05, 3.63) is 11.9 Å². The molecule has 106 valence electrons. The van der Waals surface area contributed by atoms with Crippen molar-refractivity contribution < 1.29 is 9.59 Å². The molecule has 1 rings (SSSR count). The Morgan fingerprint density at radius 1 is 1.32 bits per heavy atom. The van der Waals surface area contributed by atoms with Gasteiger partial charge in [0.2, 0.25) is 5.91 Å². The van der Waals surface area contributed by atoms with Crippen LogP contribution < -0.4 is 16.8 Å². The van der Waals surface area contributed by atoms with Gasteiger partial charge in [0, 0.05) is 19.2 Å². The van der Waals surface area contributed by atoms with Crippen LogP contribution in [0.25, 0.3) is 0 Å². The summed E-state index contributed by atoms with van der Waals surface area (Å²) in [6.07, 6.45) is 5.27. The smallest absolute Gasteiger partial charge is 0.269 e. The molecule has 6 nitrogen and oxygen atoms in total. The molecule has 2 amide bonds. The predicted molar refractivity (Wildman–Crippen MR) is 74.1 cm³/mol. The SMILES string of the molecule is CN=C(C(N)=O)C(=CN)NC(=O)C1CCCCC1C. The summed E-state index contributed by atoms with van der Waals surface area (Å²) in [5.41, 5.74) is 10.8. The number of primary amides is 1. The van der Waals surface area contributed by atoms with Gasteiger partial charge >= 0.3 is 0 Å². The maximum atomic E-state index is 12.2. The van der Waals surface area contributed by atoms with Crippen LogP contribution in [0.3, 0.4) is 0 Å². The van der Waals surface area contributed by atoms with E-state index < -0.39 is 5.91 Å². The number of nitrogens with zero attached hydrogens (tertiary/aromatic N) is 1. The van der Waals surface area contributed by atoms with Crippen LogP contribution >= 0.6 is 0 Å². The van der Waals surface area contributed by atoms with Gasteiger partial charge < -0.3 is 16.8 Å². The van der Waals surface area contributed by atoms with Crippen molar-refractivity contribution in [2.24, 2.45) is 28.3 Å². The van der Waals surface area contributed by atoms with Crippen molar-refractivity contribution in [3.63, 3.8) is 0 Å². The molecule has 1 fully saturated rings. The standard InChI is InChI=1S/C13H22N4O2/c1-8-5-3-4-6-9(8)13(19)17-10(7-14)11(16-2)12(15)18/h7-9H,3-6,14H2,1-2H3,(H2,15,18)(H,17,19). The minimum Gasteiger partial charge on any atom is -0.403 e. The summed E-state index contributed by atoms with van der Waals surface area (Å²) in [6.45, 7) is 2.07. The van der Waals surface area contributed by atoms with Crippen LogP contribution in [0.4, 0.5) is 0 Å². The van der Waals surface area contributed by atoms with Gasteiger partial charge in [-0.3, -0.25) is 14.6 Å². The number of nitrogens with one attached hydrogen (secondary N) is 1. The van der Waals surface area contributed by atoms with E-state index in [2.05, 4.69) is 17.2 Å². The highest BCUT2D eigenvalue weighted by Gasteiger charge is 2.29. The van der Waals surface area contributed by atoms with E-state index in [9.17, 15) is 9.59 Å². The first-order valence-electron chi connectivity index (χ1n) is 6.51. The molecule has 0 heterocycles. The third-order valence-electron chi connectivity index (χ3n) is 3.58. The third-order valence-corrected chi connectivity index (χ3v) is 3.58. The van der Waals surface area contributed by atoms with Crippen LogP contribution in [-0.2, 0) is 9.59 Å². The Labute approximate surface area is 113 Å². The van der Waals surface area contributed by atoms with Gasteiger partial charge in [-0.15, -0.1) is 0 Å². The second kappa shape index (κ2) is 6.92. The number of aliphatic imine (C=N–C) groups is 1. The van der Waals surface area contributed by atoms with E-state index in [4.69, 9.17) is 11.5 Å². The number of rotatable bonds is 4. The van der Waals surface area contributed by atoms with Crippen LogP contribution in [0, 0.1) is 11.8 Å². The van der Waals surface area contributed by atoms with Gasteiger partial charge in [0.15, 0.2) is 0 Å². The molecule has 0 aromatic rings. The Morgan fingerprint density at radius 3 is 2.42 bits per heavy atom. The molecule has 0 saturated heterocycles. The first kappa shape index (κ1) is 15.2. The molecule has 19 heavy (non-hydrogen) atoms. The highest BCUT2D eigenvalue weighted by atomic mass is 16.2. The number of carbonyl (C=O) groups excluding carboxylic acids is 2. The highest BCUT2D eigenvalue weighted by Crippen LogP contribution is 2.29. The lowest BCUT2D eigenvalue weighted by atomic mass is 9.80. The average Bonchev–Trinajstić information content (AvgIpc) is 2.38. The Bertz CT molecular complexity index is 415. The fourth-order valence-electron chi connectivity index (χ4n) is 2.47. The zero-order chi connectivity index (χ0) is 14.4. The van der Waals surface area contributed by atoms with Crippen molar-refractivity contribution in [1.29, 1.82) is 0 Å². The van der Waals surface area contributed by atoms with E-state index in [1.807, 2.05) is 0 Å². The molecule has 1 saturated carbocycles. The zero-order valence-electron chi connectivity index (χ0n) is 11.5. The summed E-state index contributed by atoms with van der Waals surface area (Å²) in [7, 11) is 1.43. The minimum atomic E-state index is -0.712. The molecule has 0 bridgehead atoms. The summed E-state index contributed by atoms with van der Waals surface area (Å²) in [5.74, 6) is -0.541. The second-order valence-corrected chi connectivity index (χ2v) is 4.87. The second-order valence-electron chi connectivity index (χ2n) is 4.87. The summed E-state index contributed by atoms with van der Waals surface area (Å²) in [5, 5.41) is 2.66. The Balaban J connectivity index is 2.76. The molecule has 6 heteroatoms. The first-order chi connectivity index (χ1) is 9.01. The average molecular weight is 266 g/mol. The van der Waals surface area contributed by atoms with E-state index in [0.717, 1.165) is 31.9 Å². The van der Waals surface area contributed by atoms with Crippen molar-refractivity contribution in [1.82, 2.24) is 5.32 Å². The zero-order valence-corrected chi connectivity index (χ0v) is 11.5. The predicted octanol–water partition coefficient (Wildman–Crippen LogP) is 0.285. The van der Waals surface area contributed by atoms with E-state index in [1.165, 1.54) is 7.05 Å². The van der Waals surface area contributed by atoms with Crippen LogP contribution in [0.1, 0.15) is 32.6 Å². The summed E-state index contributed by atoms with van der Waals surface area (Å²) >= 11 is 0. The number of amides is 2. The molecule has 0 radical (unpaired) electrons. The van der Waals surface area contributed by atoms with Gasteiger partial charge in [-0.05, 0) is 18.8 Å². The Kier molecular flexibility index (Phi) is 5.54. The Morgan fingerprint density at radius 2 is 1.95 bits per heavy atom. The molecule has 0 aromatic heterocycles. The lowest BCUT2D eigenvalue weighted by Crippen LogP contribution is -2.40. The quantitative estimate of drug-likeness (QED) is 0.636. The topological polar surface area (TPSA) is 111 Å². The molecule has 1 aliphatic rings. The van der Waals surface area contributed by atoms with Gasteiger partial charge in [0.05, 0.1) is 5.70 Å². The fourth-order valence-corrected chi connectivity index (χ4v) is 2.47. The molecule has 0 spiro atoms. The Hall–Kier alpha value is -1.85. The van der Waals surface area contributed by atoms with Crippen LogP contribution in [0.2, 0.25) is 0 Å². The molecule has 5 N–H and O–H groups in total. The summed E-state index contributed by atoms with van der Waals surface area (Å²) in [6, 6.07) is 0. The largest absolute Gasteiger partial charge is 0.403 e. The molecule has 0 aromatic carbocycles. The fraction of sp³-hybridized carbons (Fsp3) is 0.615. The number of hydrogen-bond acceptors (Lipinski definition) is 4. The van der Waals surface area contributed by atoms with Gasteiger partial charge in [-0.25, -0.2) is 0 Å². The highest BCUT2D eigenvalue weighted by molar-refractivity contribution is 6.45. The summed E-state index contributed by atoms with van der Waals surface area (Å²) < 4.78 is 0. The first-order valence-corrected chi connectivity index (χ1v) is 6.51. The number of hydrogen-bond donors (Lipinski definition) is 3. The molecule has 2 atom stereocenters. The molecular weight excluding hydrogens is 244 g/mol. The summed E-state index contributed by atoms with van der Waals surface area (Å²) in [4.78, 5) is 27.2. The maximum absolute atomic E-state index is 12.2. The van der Waals surface area contributed by atoms with Gasteiger partial charge in [-0.1, -0.05) is 19.8 Å². The molecule has 2 unspecified atom stereocenters. The lowest BCUT2D eigenvalue weighted by molar-refractivity contribution is -0.126.